The summed E-state index contributed by atoms with van der Waals surface area (Å²) in [6.07, 6.45) is 5.54. The number of hydrogen-bond acceptors (Lipinski definition) is 2. The van der Waals surface area contributed by atoms with E-state index in [0.717, 1.165) is 11.3 Å². The molecule has 0 bridgehead atoms. The number of aromatic amines is 2. The predicted octanol–water partition coefficient (Wildman–Crippen LogP) is 1.47. The van der Waals surface area contributed by atoms with E-state index in [1.165, 1.54) is 0 Å². The molecule has 62 valence electrons. The summed E-state index contributed by atoms with van der Waals surface area (Å²) < 4.78 is 2.38. The molecule has 12 heavy (non-hydrogen) atoms. The van der Waals surface area contributed by atoms with E-state index in [9.17, 15) is 0 Å². The third-order valence-corrected chi connectivity index (χ3v) is 1.83. The van der Waals surface area contributed by atoms with Crippen LogP contribution in [0.5, 0.6) is 0 Å². The fourth-order valence-electron chi connectivity index (χ4n) is 1.05. The summed E-state index contributed by atoms with van der Waals surface area (Å²) in [5.41, 5.74) is 2.00. The van der Waals surface area contributed by atoms with Crippen molar-refractivity contribution >= 4 is 12.2 Å². The van der Waals surface area contributed by atoms with Crippen molar-refractivity contribution in [2.45, 2.75) is 0 Å². The Morgan fingerprint density at radius 1 is 1.58 bits per heavy atom. The van der Waals surface area contributed by atoms with Crippen molar-refractivity contribution in [1.29, 1.82) is 0 Å². The summed E-state index contributed by atoms with van der Waals surface area (Å²) in [5, 5.41) is 4.05. The summed E-state index contributed by atoms with van der Waals surface area (Å²) in [6, 6.07) is 0. The predicted molar refractivity (Wildman–Crippen MR) is 48.2 cm³/mol. The largest absolute Gasteiger partial charge is 0.337 e. The van der Waals surface area contributed by atoms with Crippen molar-refractivity contribution in [2.24, 2.45) is 7.05 Å². The molecule has 0 aromatic carbocycles. The van der Waals surface area contributed by atoms with Gasteiger partial charge in [-0.3, -0.25) is 4.68 Å². The Hall–Kier alpha value is -1.36. The van der Waals surface area contributed by atoms with Crippen LogP contribution in [0.15, 0.2) is 18.6 Å². The third-order valence-electron chi connectivity index (χ3n) is 1.61. The summed E-state index contributed by atoms with van der Waals surface area (Å²) in [5.74, 6) is 0. The van der Waals surface area contributed by atoms with E-state index in [4.69, 9.17) is 12.2 Å². The van der Waals surface area contributed by atoms with Crippen molar-refractivity contribution in [3.63, 3.8) is 0 Å². The molecule has 2 aromatic rings. The first kappa shape index (κ1) is 7.30. The Bertz CT molecular complexity index is 436. The van der Waals surface area contributed by atoms with Crippen molar-refractivity contribution in [1.82, 2.24) is 19.7 Å². The van der Waals surface area contributed by atoms with Gasteiger partial charge in [0.2, 0.25) is 0 Å². The molecule has 0 radical (unpaired) electrons. The molecule has 0 aliphatic rings. The van der Waals surface area contributed by atoms with E-state index in [1.54, 1.807) is 10.9 Å². The highest BCUT2D eigenvalue weighted by atomic mass is 32.1. The summed E-state index contributed by atoms with van der Waals surface area (Å²) >= 11 is 4.90. The first-order valence-corrected chi connectivity index (χ1v) is 3.93. The Morgan fingerprint density at radius 2 is 2.42 bits per heavy atom. The van der Waals surface area contributed by atoms with Crippen molar-refractivity contribution in [3.05, 3.63) is 23.4 Å². The van der Waals surface area contributed by atoms with E-state index in [0.29, 0.717) is 4.77 Å². The monoisotopic (exact) mass is 180 g/mol. The molecule has 0 amide bonds. The molecule has 0 unspecified atom stereocenters. The number of rotatable bonds is 1. The average Bonchev–Trinajstić information content (AvgIpc) is 2.58. The second-order valence-corrected chi connectivity index (χ2v) is 2.97. The van der Waals surface area contributed by atoms with Gasteiger partial charge in [0.1, 0.15) is 0 Å². The normalized spacial score (nSPS) is 10.4. The molecule has 4 nitrogen and oxygen atoms in total. The first-order valence-electron chi connectivity index (χ1n) is 3.52. The van der Waals surface area contributed by atoms with Crippen LogP contribution in [-0.2, 0) is 7.05 Å². The highest BCUT2D eigenvalue weighted by Crippen LogP contribution is 2.13. The maximum absolute atomic E-state index is 4.90. The van der Waals surface area contributed by atoms with Gasteiger partial charge in [0.25, 0.3) is 0 Å². The highest BCUT2D eigenvalue weighted by Gasteiger charge is 1.99. The van der Waals surface area contributed by atoms with Gasteiger partial charge in [-0.1, -0.05) is 0 Å². The summed E-state index contributed by atoms with van der Waals surface area (Å²) in [6.45, 7) is 0. The SMILES string of the molecule is Cn1cc(-c2c[nH]c(=S)[nH]2)cn1. The zero-order chi connectivity index (χ0) is 8.55. The first-order chi connectivity index (χ1) is 5.75. The topological polar surface area (TPSA) is 49.4 Å². The minimum Gasteiger partial charge on any atom is -0.337 e. The van der Waals surface area contributed by atoms with Crippen LogP contribution in [0, 0.1) is 4.77 Å². The molecule has 0 saturated carbocycles. The lowest BCUT2D eigenvalue weighted by molar-refractivity contribution is 0.768. The van der Waals surface area contributed by atoms with Crippen molar-refractivity contribution < 1.29 is 0 Å². The standard InChI is InChI=1S/C7H8N4S/c1-11-4-5(2-9-11)6-3-8-7(12)10-6/h2-4H,1H3,(H2,8,10,12). The lowest BCUT2D eigenvalue weighted by atomic mass is 10.3. The van der Waals surface area contributed by atoms with Gasteiger partial charge in [-0.05, 0) is 12.2 Å². The van der Waals surface area contributed by atoms with Gasteiger partial charge in [0.15, 0.2) is 4.77 Å². The smallest absolute Gasteiger partial charge is 0.174 e. The van der Waals surface area contributed by atoms with E-state index in [1.807, 2.05) is 19.4 Å². The zero-order valence-corrected chi connectivity index (χ0v) is 7.35. The number of nitrogens with one attached hydrogen (secondary N) is 2. The molecule has 0 saturated heterocycles. The van der Waals surface area contributed by atoms with Crippen LogP contribution >= 0.6 is 12.2 Å². The van der Waals surface area contributed by atoms with Crippen LogP contribution < -0.4 is 0 Å². The van der Waals surface area contributed by atoms with Gasteiger partial charge in [-0.25, -0.2) is 0 Å². The Morgan fingerprint density at radius 3 is 2.92 bits per heavy atom. The van der Waals surface area contributed by atoms with Gasteiger partial charge in [-0.2, -0.15) is 5.10 Å². The number of hydrogen-bond donors (Lipinski definition) is 2. The van der Waals surface area contributed by atoms with Gasteiger partial charge < -0.3 is 9.97 Å². The molecule has 2 heterocycles. The molecule has 5 heteroatoms. The van der Waals surface area contributed by atoms with E-state index < -0.39 is 0 Å². The molecule has 0 spiro atoms. The zero-order valence-electron chi connectivity index (χ0n) is 6.53. The van der Waals surface area contributed by atoms with Crippen molar-refractivity contribution in [3.8, 4) is 11.3 Å². The van der Waals surface area contributed by atoms with Crippen LogP contribution in [0.25, 0.3) is 11.3 Å². The maximum atomic E-state index is 4.90. The Kier molecular flexibility index (Phi) is 1.58. The molecule has 2 rings (SSSR count). The average molecular weight is 180 g/mol. The lowest BCUT2D eigenvalue weighted by Gasteiger charge is -1.86. The minimum absolute atomic E-state index is 0.633. The van der Waals surface area contributed by atoms with Crippen LogP contribution in [0.4, 0.5) is 0 Å². The maximum Gasteiger partial charge on any atom is 0.174 e. The summed E-state index contributed by atoms with van der Waals surface area (Å²) in [7, 11) is 1.88. The second kappa shape index (κ2) is 2.60. The van der Waals surface area contributed by atoms with E-state index in [2.05, 4.69) is 15.1 Å². The summed E-state index contributed by atoms with van der Waals surface area (Å²) in [4.78, 5) is 5.91. The number of nitrogens with zero attached hydrogens (tertiary/aromatic N) is 2. The molecule has 0 aliphatic carbocycles. The van der Waals surface area contributed by atoms with Crippen LogP contribution in [0.1, 0.15) is 0 Å². The highest BCUT2D eigenvalue weighted by molar-refractivity contribution is 7.71. The molecule has 0 aliphatic heterocycles. The Labute approximate surface area is 74.2 Å². The van der Waals surface area contributed by atoms with Gasteiger partial charge in [0.05, 0.1) is 11.9 Å². The fraction of sp³-hybridized carbons (Fsp3) is 0.143. The second-order valence-electron chi connectivity index (χ2n) is 2.56. The molecular formula is C7H8N4S. The lowest BCUT2D eigenvalue weighted by Crippen LogP contribution is -1.84. The molecule has 0 fully saturated rings. The van der Waals surface area contributed by atoms with Gasteiger partial charge >= 0.3 is 0 Å². The number of aromatic nitrogens is 4. The van der Waals surface area contributed by atoms with Crippen LogP contribution in [0.3, 0.4) is 0 Å². The van der Waals surface area contributed by atoms with E-state index in [-0.39, 0.29) is 0 Å². The molecule has 2 N–H and O–H groups in total. The van der Waals surface area contributed by atoms with Crippen LogP contribution in [0.2, 0.25) is 0 Å². The van der Waals surface area contributed by atoms with Crippen molar-refractivity contribution in [2.75, 3.05) is 0 Å². The molecule has 2 aromatic heterocycles. The Balaban J connectivity index is 2.50. The number of H-pyrrole nitrogens is 2. The quantitative estimate of drug-likeness (QED) is 0.653. The fourth-order valence-corrected chi connectivity index (χ4v) is 1.22. The molecule has 0 atom stereocenters. The van der Waals surface area contributed by atoms with Gasteiger partial charge in [0, 0.05) is 25.0 Å². The number of imidazole rings is 1. The van der Waals surface area contributed by atoms with Crippen LogP contribution in [-0.4, -0.2) is 19.7 Å². The molecular weight excluding hydrogens is 172 g/mol. The van der Waals surface area contributed by atoms with E-state index >= 15 is 0 Å². The number of aryl methyl sites for hydroxylation is 1. The third kappa shape index (κ3) is 1.18. The van der Waals surface area contributed by atoms with Gasteiger partial charge in [-0.15, -0.1) is 0 Å². The minimum atomic E-state index is 0.633.